The monoisotopic (exact) mass is 496 g/mol. The van der Waals surface area contributed by atoms with Crippen LogP contribution in [0.3, 0.4) is 0 Å². The van der Waals surface area contributed by atoms with Gasteiger partial charge in [-0.1, -0.05) is 23.2 Å². The molecule has 3 aromatic rings. The van der Waals surface area contributed by atoms with Crippen molar-refractivity contribution in [2.24, 2.45) is 0 Å². The number of benzene rings is 1. The van der Waals surface area contributed by atoms with Crippen LogP contribution in [-0.4, -0.2) is 46.4 Å². The lowest BCUT2D eigenvalue weighted by atomic mass is 10.1. The number of nitrogens with two attached hydrogens (primary N) is 1. The quantitative estimate of drug-likeness (QED) is 0.511. The van der Waals surface area contributed by atoms with Crippen LogP contribution < -0.4 is 10.5 Å². The summed E-state index contributed by atoms with van der Waals surface area (Å²) in [5.41, 5.74) is 7.77. The molecule has 11 heteroatoms. The number of rotatable bonds is 5. The summed E-state index contributed by atoms with van der Waals surface area (Å²) in [6, 6.07) is 4.09. The van der Waals surface area contributed by atoms with E-state index in [1.165, 1.54) is 12.1 Å². The highest BCUT2D eigenvalue weighted by Gasteiger charge is 2.49. The number of halogens is 4. The number of nitrogens with zero attached hydrogens (tertiary/aromatic N) is 3. The maximum absolute atomic E-state index is 13.9. The Morgan fingerprint density at radius 1 is 1.18 bits per heavy atom. The predicted octanol–water partition coefficient (Wildman–Crippen LogP) is 4.79. The third-order valence-corrected chi connectivity index (χ3v) is 6.63. The lowest BCUT2D eigenvalue weighted by molar-refractivity contribution is 0.0541. The number of hydrogen-bond acceptors (Lipinski definition) is 6. The molecule has 5 rings (SSSR count). The number of ether oxygens (including phenoxy) is 3. The van der Waals surface area contributed by atoms with Gasteiger partial charge in [-0.15, -0.1) is 0 Å². The minimum Gasteiger partial charge on any atom is -0.482 e. The highest BCUT2D eigenvalue weighted by Crippen LogP contribution is 2.38. The van der Waals surface area contributed by atoms with Crippen molar-refractivity contribution in [1.82, 2.24) is 14.8 Å². The summed E-state index contributed by atoms with van der Waals surface area (Å²) in [7, 11) is 0. The Bertz CT molecular complexity index is 1190. The normalized spacial score (nSPS) is 25.2. The third kappa shape index (κ3) is 4.03. The fourth-order valence-electron chi connectivity index (χ4n) is 4.20. The average molecular weight is 497 g/mol. The van der Waals surface area contributed by atoms with Crippen LogP contribution in [0.2, 0.25) is 10.0 Å². The first-order valence-corrected chi connectivity index (χ1v) is 11.1. The van der Waals surface area contributed by atoms with Gasteiger partial charge >= 0.3 is 0 Å². The van der Waals surface area contributed by atoms with Crippen molar-refractivity contribution < 1.29 is 23.0 Å². The molecule has 1 aromatic carbocycles. The van der Waals surface area contributed by atoms with Gasteiger partial charge in [-0.05, 0) is 25.1 Å². The molecular formula is C22H20Cl2F2N4O3. The Morgan fingerprint density at radius 2 is 1.97 bits per heavy atom. The van der Waals surface area contributed by atoms with Crippen LogP contribution in [0, 0.1) is 5.82 Å². The van der Waals surface area contributed by atoms with Gasteiger partial charge in [0.2, 0.25) is 0 Å². The van der Waals surface area contributed by atoms with Gasteiger partial charge in [0.25, 0.3) is 0 Å². The van der Waals surface area contributed by atoms with Crippen molar-refractivity contribution in [3.63, 3.8) is 0 Å². The first-order chi connectivity index (χ1) is 15.8. The number of anilines is 1. The second-order valence-corrected chi connectivity index (χ2v) is 8.80. The van der Waals surface area contributed by atoms with Gasteiger partial charge in [-0.25, -0.2) is 13.8 Å². The molecule has 7 nitrogen and oxygen atoms in total. The lowest BCUT2D eigenvalue weighted by Gasteiger charge is -2.19. The van der Waals surface area contributed by atoms with Crippen LogP contribution in [0.5, 0.6) is 5.75 Å². The lowest BCUT2D eigenvalue weighted by Crippen LogP contribution is -2.28. The van der Waals surface area contributed by atoms with Gasteiger partial charge in [0.15, 0.2) is 17.7 Å². The summed E-state index contributed by atoms with van der Waals surface area (Å²) in [4.78, 5) is 4.21. The Hall–Kier alpha value is -2.46. The average Bonchev–Trinajstić information content (AvgIpc) is 3.51. The van der Waals surface area contributed by atoms with Crippen molar-refractivity contribution in [1.29, 1.82) is 0 Å². The molecule has 33 heavy (non-hydrogen) atoms. The SMILES string of the molecule is C[C@@H](Oc1cc(-c2cnn(C3COC4C(F)COC43)c2)cnc1N)c1c(Cl)ccc(F)c1Cl. The molecule has 0 saturated carbocycles. The Balaban J connectivity index is 1.38. The second-order valence-electron chi connectivity index (χ2n) is 8.01. The zero-order valence-corrected chi connectivity index (χ0v) is 18.9. The van der Waals surface area contributed by atoms with E-state index in [1.54, 1.807) is 30.1 Å². The predicted molar refractivity (Wildman–Crippen MR) is 119 cm³/mol. The van der Waals surface area contributed by atoms with E-state index >= 15 is 0 Å². The number of alkyl halides is 1. The van der Waals surface area contributed by atoms with E-state index < -0.39 is 24.2 Å². The molecule has 174 valence electrons. The van der Waals surface area contributed by atoms with Crippen LogP contribution >= 0.6 is 23.2 Å². The number of nitrogen functional groups attached to an aromatic ring is 1. The first kappa shape index (κ1) is 22.3. The maximum atomic E-state index is 13.9. The summed E-state index contributed by atoms with van der Waals surface area (Å²) in [5.74, 6) is -0.156. The highest BCUT2D eigenvalue weighted by atomic mass is 35.5. The van der Waals surface area contributed by atoms with Gasteiger partial charge < -0.3 is 19.9 Å². The van der Waals surface area contributed by atoms with Crippen LogP contribution in [-0.2, 0) is 9.47 Å². The van der Waals surface area contributed by atoms with E-state index in [1.807, 2.05) is 6.20 Å². The van der Waals surface area contributed by atoms with Crippen LogP contribution in [0.4, 0.5) is 14.6 Å². The largest absolute Gasteiger partial charge is 0.482 e. The molecule has 0 radical (unpaired) electrons. The first-order valence-electron chi connectivity index (χ1n) is 10.3. The number of aromatic nitrogens is 3. The van der Waals surface area contributed by atoms with E-state index in [0.717, 1.165) is 5.56 Å². The topological polar surface area (TPSA) is 84.4 Å². The smallest absolute Gasteiger partial charge is 0.166 e. The van der Waals surface area contributed by atoms with E-state index in [0.29, 0.717) is 17.7 Å². The van der Waals surface area contributed by atoms with E-state index in [-0.39, 0.29) is 40.4 Å². The molecule has 4 heterocycles. The van der Waals surface area contributed by atoms with Crippen LogP contribution in [0.25, 0.3) is 11.1 Å². The maximum Gasteiger partial charge on any atom is 0.166 e. The van der Waals surface area contributed by atoms with Crippen molar-refractivity contribution in [2.75, 3.05) is 18.9 Å². The molecule has 0 aliphatic carbocycles. The van der Waals surface area contributed by atoms with Crippen LogP contribution in [0.1, 0.15) is 24.6 Å². The fourth-order valence-corrected chi connectivity index (χ4v) is 4.88. The minimum atomic E-state index is -1.13. The third-order valence-electron chi connectivity index (χ3n) is 5.91. The van der Waals surface area contributed by atoms with Gasteiger partial charge in [0.05, 0.1) is 24.4 Å². The minimum absolute atomic E-state index is 0.0278. The number of fused-ring (bicyclic) bond motifs is 1. The molecule has 0 spiro atoms. The molecular weight excluding hydrogens is 477 g/mol. The fraction of sp³-hybridized carbons (Fsp3) is 0.364. The van der Waals surface area contributed by atoms with Crippen molar-refractivity contribution >= 4 is 29.0 Å². The molecule has 0 amide bonds. The summed E-state index contributed by atoms with van der Waals surface area (Å²) < 4.78 is 46.6. The van der Waals surface area contributed by atoms with Gasteiger partial charge in [0, 0.05) is 34.1 Å². The van der Waals surface area contributed by atoms with E-state index in [9.17, 15) is 8.78 Å². The molecule has 2 aromatic heterocycles. The zero-order valence-electron chi connectivity index (χ0n) is 17.4. The molecule has 2 saturated heterocycles. The summed E-state index contributed by atoms with van der Waals surface area (Å²) in [6.45, 7) is 2.03. The molecule has 5 atom stereocenters. The molecule has 2 fully saturated rings. The van der Waals surface area contributed by atoms with E-state index in [2.05, 4.69) is 10.1 Å². The zero-order chi connectivity index (χ0) is 23.3. The molecule has 2 aliphatic rings. The van der Waals surface area contributed by atoms with Gasteiger partial charge in [-0.2, -0.15) is 5.10 Å². The van der Waals surface area contributed by atoms with Crippen LogP contribution in [0.15, 0.2) is 36.8 Å². The summed E-state index contributed by atoms with van der Waals surface area (Å²) in [5, 5.41) is 4.58. The molecule has 4 unspecified atom stereocenters. The number of hydrogen-bond donors (Lipinski definition) is 1. The van der Waals surface area contributed by atoms with Gasteiger partial charge in [0.1, 0.15) is 30.2 Å². The molecule has 2 aliphatic heterocycles. The van der Waals surface area contributed by atoms with Crippen molar-refractivity contribution in [2.45, 2.75) is 37.4 Å². The second kappa shape index (κ2) is 8.72. The number of pyridine rings is 1. The van der Waals surface area contributed by atoms with Gasteiger partial charge in [-0.3, -0.25) is 4.68 Å². The van der Waals surface area contributed by atoms with Crippen molar-refractivity contribution in [3.05, 3.63) is 58.2 Å². The molecule has 0 bridgehead atoms. The Morgan fingerprint density at radius 3 is 2.79 bits per heavy atom. The van der Waals surface area contributed by atoms with E-state index in [4.69, 9.17) is 43.1 Å². The standard InChI is InChI=1S/C22H20Cl2F2N4O3/c1-10(18-13(23)2-3-14(25)19(18)24)33-17-4-11(5-28-22(17)27)12-6-29-30(7-12)16-9-32-20-15(26)8-31-21(16)20/h2-7,10,15-16,20-21H,8-9H2,1H3,(H2,27,28)/t10-,15?,16?,20?,21?/m1/s1. The highest BCUT2D eigenvalue weighted by molar-refractivity contribution is 6.36. The van der Waals surface area contributed by atoms with Crippen molar-refractivity contribution in [3.8, 4) is 16.9 Å². The summed E-state index contributed by atoms with van der Waals surface area (Å²) >= 11 is 12.3. The Labute approximate surface area is 198 Å². The molecule has 2 N–H and O–H groups in total. The Kier molecular flexibility index (Phi) is 5.90. The summed E-state index contributed by atoms with van der Waals surface area (Å²) in [6.07, 6.45) is 2.30.